The van der Waals surface area contributed by atoms with E-state index in [9.17, 15) is 0 Å². The number of anilines is 2. The van der Waals surface area contributed by atoms with Gasteiger partial charge in [0.25, 0.3) is 0 Å². The highest BCUT2D eigenvalue weighted by molar-refractivity contribution is 5.82. The summed E-state index contributed by atoms with van der Waals surface area (Å²) in [4.78, 5) is 24.9. The van der Waals surface area contributed by atoms with Crippen LogP contribution in [0.3, 0.4) is 0 Å². The van der Waals surface area contributed by atoms with Gasteiger partial charge in [-0.25, -0.2) is 24.9 Å². The molecule has 3 N–H and O–H groups in total. The van der Waals surface area contributed by atoms with Crippen LogP contribution in [0.4, 0.5) is 11.6 Å². The molecule has 0 unspecified atom stereocenters. The van der Waals surface area contributed by atoms with E-state index in [1.807, 2.05) is 36.4 Å². The largest absolute Gasteiger partial charge is 0.383 e. The van der Waals surface area contributed by atoms with Gasteiger partial charge in [0.15, 0.2) is 11.5 Å². The number of hydrogen-bond donors (Lipinski definition) is 2. The average Bonchev–Trinajstić information content (AvgIpc) is 3.37. The fourth-order valence-corrected chi connectivity index (χ4v) is 5.27. The standard InChI is InChI=1S/C31H32N10/c1-20(2)25-9-10-26-31(37-25)41(30(38-26)24-4-3-14-35-29(24)33)23-7-5-21(6-8-23)19-40-16-12-22(13-17-40)36-27-11-15-34-28(18-32)39-27/h3-11,14-15,20,22H,12-13,16-17,19H2,1-2H3,(H2,33,35)(H,34,36,39). The van der Waals surface area contributed by atoms with Crippen molar-refractivity contribution in [2.24, 2.45) is 0 Å². The van der Waals surface area contributed by atoms with Gasteiger partial charge < -0.3 is 11.1 Å². The normalized spacial score (nSPS) is 14.4. The topological polar surface area (TPSA) is 134 Å². The minimum Gasteiger partial charge on any atom is -0.383 e. The van der Waals surface area contributed by atoms with Crippen LogP contribution in [0.25, 0.3) is 28.2 Å². The number of nitrogens with one attached hydrogen (secondary N) is 1. The number of piperidine rings is 1. The van der Waals surface area contributed by atoms with Crippen molar-refractivity contribution < 1.29 is 0 Å². The van der Waals surface area contributed by atoms with Crippen LogP contribution in [-0.2, 0) is 6.54 Å². The van der Waals surface area contributed by atoms with Crippen LogP contribution in [0.2, 0.25) is 0 Å². The van der Waals surface area contributed by atoms with Gasteiger partial charge >= 0.3 is 0 Å². The molecule has 4 aromatic heterocycles. The Morgan fingerprint density at radius 3 is 2.51 bits per heavy atom. The second-order valence-electron chi connectivity index (χ2n) is 10.7. The van der Waals surface area contributed by atoms with Gasteiger partial charge in [0.1, 0.15) is 23.2 Å². The lowest BCUT2D eigenvalue weighted by molar-refractivity contribution is 0.211. The van der Waals surface area contributed by atoms with E-state index in [4.69, 9.17) is 21.0 Å². The Labute approximate surface area is 238 Å². The molecule has 1 aliphatic rings. The molecule has 5 aromatic rings. The maximum Gasteiger partial charge on any atom is 0.234 e. The van der Waals surface area contributed by atoms with Gasteiger partial charge in [-0.1, -0.05) is 26.0 Å². The third kappa shape index (κ3) is 5.58. The minimum atomic E-state index is 0.187. The van der Waals surface area contributed by atoms with Crippen molar-refractivity contribution >= 4 is 22.8 Å². The summed E-state index contributed by atoms with van der Waals surface area (Å²) in [7, 11) is 0. The summed E-state index contributed by atoms with van der Waals surface area (Å²) in [5.74, 6) is 2.36. The van der Waals surface area contributed by atoms with Crippen molar-refractivity contribution in [3.05, 3.63) is 84.1 Å². The zero-order valence-corrected chi connectivity index (χ0v) is 23.2. The zero-order valence-electron chi connectivity index (χ0n) is 23.2. The van der Waals surface area contributed by atoms with Crippen molar-refractivity contribution in [3.63, 3.8) is 0 Å². The van der Waals surface area contributed by atoms with Crippen LogP contribution >= 0.6 is 0 Å². The number of imidazole rings is 1. The lowest BCUT2D eigenvalue weighted by Crippen LogP contribution is -2.38. The molecule has 0 amide bonds. The van der Waals surface area contributed by atoms with Crippen molar-refractivity contribution in [2.45, 2.75) is 45.2 Å². The third-order valence-corrected chi connectivity index (χ3v) is 7.49. The molecular weight excluding hydrogens is 512 g/mol. The number of nitrogen functional groups attached to an aromatic ring is 1. The van der Waals surface area contributed by atoms with Gasteiger partial charge in [0, 0.05) is 49.5 Å². The van der Waals surface area contributed by atoms with Gasteiger partial charge in [-0.2, -0.15) is 5.26 Å². The van der Waals surface area contributed by atoms with Gasteiger partial charge in [-0.05, 0) is 66.8 Å². The van der Waals surface area contributed by atoms with Crippen LogP contribution in [0, 0.1) is 11.3 Å². The number of nitrogens with zero attached hydrogens (tertiary/aromatic N) is 8. The molecule has 1 fully saturated rings. The van der Waals surface area contributed by atoms with Crippen molar-refractivity contribution in [2.75, 3.05) is 24.1 Å². The van der Waals surface area contributed by atoms with Crippen LogP contribution in [0.1, 0.15) is 49.7 Å². The molecule has 10 heteroatoms. The summed E-state index contributed by atoms with van der Waals surface area (Å²) in [6.07, 6.45) is 5.32. The van der Waals surface area contributed by atoms with E-state index >= 15 is 0 Å². The maximum absolute atomic E-state index is 9.04. The molecule has 1 saturated heterocycles. The smallest absolute Gasteiger partial charge is 0.234 e. The fourth-order valence-electron chi connectivity index (χ4n) is 5.27. The third-order valence-electron chi connectivity index (χ3n) is 7.49. The number of nitriles is 1. The number of benzene rings is 1. The lowest BCUT2D eigenvalue weighted by atomic mass is 10.0. The van der Waals surface area contributed by atoms with E-state index in [1.165, 1.54) is 5.56 Å². The van der Waals surface area contributed by atoms with Crippen LogP contribution in [0.15, 0.2) is 67.0 Å². The van der Waals surface area contributed by atoms with Crippen molar-refractivity contribution in [1.29, 1.82) is 5.26 Å². The number of fused-ring (bicyclic) bond motifs is 1. The zero-order chi connectivity index (χ0) is 28.3. The number of nitrogens with two attached hydrogens (primary N) is 1. The van der Waals surface area contributed by atoms with E-state index in [0.717, 1.165) is 66.4 Å². The van der Waals surface area contributed by atoms with E-state index in [-0.39, 0.29) is 5.82 Å². The number of pyridine rings is 2. The summed E-state index contributed by atoms with van der Waals surface area (Å²) in [6.45, 7) is 7.12. The molecule has 0 atom stereocenters. The molecule has 0 spiro atoms. The molecule has 1 aromatic carbocycles. The number of likely N-dealkylation sites (tertiary alicyclic amines) is 1. The predicted molar refractivity (Wildman–Crippen MR) is 159 cm³/mol. The van der Waals surface area contributed by atoms with Gasteiger partial charge in [-0.15, -0.1) is 0 Å². The van der Waals surface area contributed by atoms with E-state index in [0.29, 0.717) is 23.6 Å². The van der Waals surface area contributed by atoms with E-state index < -0.39 is 0 Å². The highest BCUT2D eigenvalue weighted by Crippen LogP contribution is 2.31. The Bertz CT molecular complexity index is 1710. The molecule has 0 radical (unpaired) electrons. The molecule has 10 nitrogen and oxygen atoms in total. The number of rotatable bonds is 7. The molecule has 206 valence electrons. The first-order chi connectivity index (χ1) is 20.0. The Morgan fingerprint density at radius 1 is 0.976 bits per heavy atom. The second-order valence-corrected chi connectivity index (χ2v) is 10.7. The first-order valence-corrected chi connectivity index (χ1v) is 13.9. The fraction of sp³-hybridized carbons (Fsp3) is 0.290. The van der Waals surface area contributed by atoms with Gasteiger partial charge in [-0.3, -0.25) is 9.47 Å². The SMILES string of the molecule is CC(C)c1ccc2nc(-c3cccnc3N)n(-c3ccc(CN4CCC(Nc5ccnc(C#N)n5)CC4)cc3)c2n1. The van der Waals surface area contributed by atoms with Crippen LogP contribution < -0.4 is 11.1 Å². The Hall–Kier alpha value is -4.88. The second kappa shape index (κ2) is 11.3. The Balaban J connectivity index is 1.20. The number of hydrogen-bond acceptors (Lipinski definition) is 9. The molecule has 0 saturated carbocycles. The molecule has 6 rings (SSSR count). The molecule has 0 bridgehead atoms. The highest BCUT2D eigenvalue weighted by atomic mass is 15.2. The average molecular weight is 545 g/mol. The van der Waals surface area contributed by atoms with E-state index in [2.05, 4.69) is 67.8 Å². The predicted octanol–water partition coefficient (Wildman–Crippen LogP) is 4.93. The molecule has 41 heavy (non-hydrogen) atoms. The summed E-state index contributed by atoms with van der Waals surface area (Å²) >= 11 is 0. The van der Waals surface area contributed by atoms with Crippen molar-refractivity contribution in [3.8, 4) is 23.1 Å². The summed E-state index contributed by atoms with van der Waals surface area (Å²) in [6, 6.07) is 20.6. The molecule has 5 heterocycles. The monoisotopic (exact) mass is 544 g/mol. The van der Waals surface area contributed by atoms with E-state index in [1.54, 1.807) is 12.4 Å². The first kappa shape index (κ1) is 26.3. The van der Waals surface area contributed by atoms with Gasteiger partial charge in [0.2, 0.25) is 5.82 Å². The summed E-state index contributed by atoms with van der Waals surface area (Å²) in [5.41, 5.74) is 11.9. The summed E-state index contributed by atoms with van der Waals surface area (Å²) in [5, 5.41) is 12.5. The lowest BCUT2D eigenvalue weighted by Gasteiger charge is -2.32. The number of aromatic nitrogens is 6. The highest BCUT2D eigenvalue weighted by Gasteiger charge is 2.21. The first-order valence-electron chi connectivity index (χ1n) is 13.9. The Kier molecular flexibility index (Phi) is 7.27. The summed E-state index contributed by atoms with van der Waals surface area (Å²) < 4.78 is 2.08. The van der Waals surface area contributed by atoms with Crippen molar-refractivity contribution in [1.82, 2.24) is 34.4 Å². The maximum atomic E-state index is 9.04. The molecule has 1 aliphatic heterocycles. The molecule has 0 aliphatic carbocycles. The van der Waals surface area contributed by atoms with Crippen LogP contribution in [0.5, 0.6) is 0 Å². The molecular formula is C31H32N10. The minimum absolute atomic E-state index is 0.187. The van der Waals surface area contributed by atoms with Gasteiger partial charge in [0.05, 0.1) is 5.56 Å². The quantitative estimate of drug-likeness (QED) is 0.292. The van der Waals surface area contributed by atoms with Crippen LogP contribution in [-0.4, -0.2) is 53.5 Å². The Morgan fingerprint density at radius 2 is 1.78 bits per heavy atom.